The fourth-order valence-electron chi connectivity index (χ4n) is 4.05. The molecule has 3 rings (SSSR count). The SMILES string of the molecule is C[C@H]1[C@@H](N(CC(C)(C)O)C(=O)c2ccc(C(N)=O)cn2)CCN1c1ccc(C#N)c(Cl)c1. The van der Waals surface area contributed by atoms with Crippen LogP contribution in [-0.2, 0) is 0 Å². The standard InChI is InChI=1S/C23H26ClN5O3/c1-14-20(8-9-28(14)17-6-4-15(11-25)18(24)10-17)29(13-23(2,3)32)22(31)19-7-5-16(12-27-19)21(26)30/h4-7,10,12,14,20,32H,8-9,13H2,1-3H3,(H2,26,30)/t14-,20-/m0/s1. The number of halogens is 1. The lowest BCUT2D eigenvalue weighted by atomic mass is 10.0. The monoisotopic (exact) mass is 455 g/mol. The molecule has 0 bridgehead atoms. The molecule has 32 heavy (non-hydrogen) atoms. The summed E-state index contributed by atoms with van der Waals surface area (Å²) in [5.74, 6) is -0.953. The third kappa shape index (κ3) is 5.01. The van der Waals surface area contributed by atoms with Gasteiger partial charge in [0.15, 0.2) is 0 Å². The molecule has 2 heterocycles. The van der Waals surface area contributed by atoms with Gasteiger partial charge in [-0.1, -0.05) is 11.6 Å². The number of benzene rings is 1. The number of carbonyl (C=O) groups is 2. The summed E-state index contributed by atoms with van der Waals surface area (Å²) in [7, 11) is 0. The first-order valence-electron chi connectivity index (χ1n) is 10.3. The van der Waals surface area contributed by atoms with Crippen molar-refractivity contribution in [3.05, 3.63) is 58.4 Å². The van der Waals surface area contributed by atoms with E-state index < -0.39 is 11.5 Å². The maximum atomic E-state index is 13.4. The number of nitrogens with zero attached hydrogens (tertiary/aromatic N) is 4. The van der Waals surface area contributed by atoms with Gasteiger partial charge in [-0.05, 0) is 57.5 Å². The highest BCUT2D eigenvalue weighted by Gasteiger charge is 2.39. The quantitative estimate of drug-likeness (QED) is 0.689. The zero-order valence-electron chi connectivity index (χ0n) is 18.2. The molecule has 2 aromatic rings. The first-order chi connectivity index (χ1) is 15.0. The Morgan fingerprint density at radius 2 is 2.09 bits per heavy atom. The van der Waals surface area contributed by atoms with Crippen LogP contribution in [0.5, 0.6) is 0 Å². The molecule has 1 fully saturated rings. The minimum Gasteiger partial charge on any atom is -0.389 e. The molecule has 1 aromatic carbocycles. The Bertz CT molecular complexity index is 1060. The topological polar surface area (TPSA) is 124 Å². The van der Waals surface area contributed by atoms with Gasteiger partial charge in [-0.15, -0.1) is 0 Å². The summed E-state index contributed by atoms with van der Waals surface area (Å²) in [6.45, 7) is 6.10. The Balaban J connectivity index is 1.89. The molecular formula is C23H26ClN5O3. The van der Waals surface area contributed by atoms with Crippen molar-refractivity contribution in [2.45, 2.75) is 44.9 Å². The summed E-state index contributed by atoms with van der Waals surface area (Å²) in [5.41, 5.74) is 5.80. The molecule has 1 aromatic heterocycles. The third-order valence-corrected chi connectivity index (χ3v) is 5.92. The van der Waals surface area contributed by atoms with Gasteiger partial charge in [0.1, 0.15) is 11.8 Å². The zero-order chi connectivity index (χ0) is 23.6. The summed E-state index contributed by atoms with van der Waals surface area (Å²) in [6.07, 6.45) is 1.96. The highest BCUT2D eigenvalue weighted by molar-refractivity contribution is 6.32. The van der Waals surface area contributed by atoms with Crippen LogP contribution in [-0.4, -0.2) is 57.6 Å². The normalized spacial score (nSPS) is 18.3. The lowest BCUT2D eigenvalue weighted by Gasteiger charge is -2.37. The number of anilines is 1. The average molecular weight is 456 g/mol. The second-order valence-electron chi connectivity index (χ2n) is 8.61. The van der Waals surface area contributed by atoms with Crippen molar-refractivity contribution in [3.63, 3.8) is 0 Å². The Hall–Kier alpha value is -3.15. The van der Waals surface area contributed by atoms with E-state index in [1.54, 1.807) is 30.9 Å². The maximum Gasteiger partial charge on any atom is 0.272 e. The Morgan fingerprint density at radius 1 is 1.38 bits per heavy atom. The van der Waals surface area contributed by atoms with Crippen molar-refractivity contribution in [3.8, 4) is 6.07 Å². The molecule has 168 valence electrons. The van der Waals surface area contributed by atoms with Crippen LogP contribution >= 0.6 is 11.6 Å². The maximum absolute atomic E-state index is 13.4. The van der Waals surface area contributed by atoms with E-state index in [0.717, 1.165) is 5.69 Å². The fourth-order valence-corrected chi connectivity index (χ4v) is 4.26. The summed E-state index contributed by atoms with van der Waals surface area (Å²) >= 11 is 6.22. The predicted molar refractivity (Wildman–Crippen MR) is 121 cm³/mol. The van der Waals surface area contributed by atoms with Crippen molar-refractivity contribution in [2.75, 3.05) is 18.0 Å². The average Bonchev–Trinajstić information content (AvgIpc) is 3.12. The molecule has 0 aliphatic carbocycles. The van der Waals surface area contributed by atoms with Gasteiger partial charge in [0.05, 0.1) is 27.8 Å². The van der Waals surface area contributed by atoms with E-state index in [4.69, 9.17) is 22.6 Å². The zero-order valence-corrected chi connectivity index (χ0v) is 19.0. The molecule has 0 spiro atoms. The number of carbonyl (C=O) groups excluding carboxylic acids is 2. The van der Waals surface area contributed by atoms with Crippen LogP contribution in [0.25, 0.3) is 0 Å². The number of hydrogen-bond acceptors (Lipinski definition) is 6. The summed E-state index contributed by atoms with van der Waals surface area (Å²) in [5, 5.41) is 20.0. The molecular weight excluding hydrogens is 430 g/mol. The van der Waals surface area contributed by atoms with Crippen molar-refractivity contribution < 1.29 is 14.7 Å². The van der Waals surface area contributed by atoms with Crippen molar-refractivity contribution in [2.24, 2.45) is 5.73 Å². The summed E-state index contributed by atoms with van der Waals surface area (Å²) in [6, 6.07) is 10.0. The number of aliphatic hydroxyl groups is 1. The number of aromatic nitrogens is 1. The first kappa shape index (κ1) is 23.5. The minimum absolute atomic E-state index is 0.0739. The number of nitriles is 1. The highest BCUT2D eigenvalue weighted by atomic mass is 35.5. The van der Waals surface area contributed by atoms with E-state index in [9.17, 15) is 14.7 Å². The van der Waals surface area contributed by atoms with Crippen LogP contribution in [0.3, 0.4) is 0 Å². The molecule has 1 aliphatic rings. The molecule has 0 saturated carbocycles. The minimum atomic E-state index is -1.12. The number of rotatable bonds is 6. The number of pyridine rings is 1. The van der Waals surface area contributed by atoms with Gasteiger partial charge >= 0.3 is 0 Å². The van der Waals surface area contributed by atoms with Gasteiger partial charge < -0.3 is 20.6 Å². The van der Waals surface area contributed by atoms with Crippen LogP contribution in [0.1, 0.15) is 53.6 Å². The lowest BCUT2D eigenvalue weighted by molar-refractivity contribution is 0.0174. The van der Waals surface area contributed by atoms with Crippen molar-refractivity contribution in [1.82, 2.24) is 9.88 Å². The van der Waals surface area contributed by atoms with Crippen LogP contribution in [0.2, 0.25) is 5.02 Å². The van der Waals surface area contributed by atoms with Gasteiger partial charge in [0.25, 0.3) is 5.91 Å². The molecule has 2 amide bonds. The van der Waals surface area contributed by atoms with Gasteiger partial charge in [0.2, 0.25) is 5.91 Å². The van der Waals surface area contributed by atoms with E-state index >= 15 is 0 Å². The number of nitrogens with two attached hydrogens (primary N) is 1. The van der Waals surface area contributed by atoms with E-state index in [2.05, 4.69) is 16.0 Å². The molecule has 3 N–H and O–H groups in total. The van der Waals surface area contributed by atoms with Crippen LogP contribution < -0.4 is 10.6 Å². The van der Waals surface area contributed by atoms with Crippen LogP contribution in [0, 0.1) is 11.3 Å². The number of amides is 2. The molecule has 0 unspecified atom stereocenters. The largest absolute Gasteiger partial charge is 0.389 e. The van der Waals surface area contributed by atoms with Crippen LogP contribution in [0.15, 0.2) is 36.5 Å². The second kappa shape index (κ2) is 9.15. The highest BCUT2D eigenvalue weighted by Crippen LogP contribution is 2.32. The number of hydrogen-bond donors (Lipinski definition) is 2. The van der Waals surface area contributed by atoms with Crippen molar-refractivity contribution in [1.29, 1.82) is 5.26 Å². The first-order valence-corrected chi connectivity index (χ1v) is 10.6. The predicted octanol–water partition coefficient (Wildman–Crippen LogP) is 2.59. The smallest absolute Gasteiger partial charge is 0.272 e. The van der Waals surface area contributed by atoms with E-state index in [0.29, 0.717) is 23.6 Å². The fraction of sp³-hybridized carbons (Fsp3) is 0.391. The lowest BCUT2D eigenvalue weighted by Crippen LogP contribution is -2.52. The summed E-state index contributed by atoms with van der Waals surface area (Å²) in [4.78, 5) is 32.6. The molecule has 8 nitrogen and oxygen atoms in total. The number of primary amides is 1. The molecule has 1 aliphatic heterocycles. The van der Waals surface area contributed by atoms with Crippen molar-refractivity contribution >= 4 is 29.1 Å². The van der Waals surface area contributed by atoms with Gasteiger partial charge in [0, 0.05) is 31.0 Å². The third-order valence-electron chi connectivity index (χ3n) is 5.60. The van der Waals surface area contributed by atoms with E-state index in [1.807, 2.05) is 13.0 Å². The van der Waals surface area contributed by atoms with E-state index in [1.165, 1.54) is 18.3 Å². The van der Waals surface area contributed by atoms with Crippen LogP contribution in [0.4, 0.5) is 5.69 Å². The van der Waals surface area contributed by atoms with Gasteiger partial charge in [-0.3, -0.25) is 14.6 Å². The Kier molecular flexibility index (Phi) is 6.72. The summed E-state index contributed by atoms with van der Waals surface area (Å²) < 4.78 is 0. The van der Waals surface area contributed by atoms with Gasteiger partial charge in [-0.2, -0.15) is 5.26 Å². The molecule has 9 heteroatoms. The second-order valence-corrected chi connectivity index (χ2v) is 9.02. The van der Waals surface area contributed by atoms with E-state index in [-0.39, 0.29) is 35.8 Å². The molecule has 0 radical (unpaired) electrons. The Morgan fingerprint density at radius 3 is 2.62 bits per heavy atom. The molecule has 2 atom stereocenters. The molecule has 1 saturated heterocycles. The Labute approximate surface area is 192 Å². The van der Waals surface area contributed by atoms with Gasteiger partial charge in [-0.25, -0.2) is 0 Å².